The largest absolute Gasteiger partial charge is 0.481 e. The summed E-state index contributed by atoms with van der Waals surface area (Å²) in [5.41, 5.74) is 0. The zero-order chi connectivity index (χ0) is 27.9. The first-order chi connectivity index (χ1) is 18.6. The second-order valence-electron chi connectivity index (χ2n) is 11.7. The van der Waals surface area contributed by atoms with E-state index >= 15 is 0 Å². The molecule has 0 aromatic heterocycles. The summed E-state index contributed by atoms with van der Waals surface area (Å²) in [6.07, 6.45) is 34.0. The Morgan fingerprint density at radius 2 is 0.816 bits per heavy atom. The second kappa shape index (κ2) is 30.5. The van der Waals surface area contributed by atoms with E-state index in [1.807, 2.05) is 0 Å². The van der Waals surface area contributed by atoms with E-state index in [-0.39, 0.29) is 12.4 Å². The molecular formula is C34H66O4. The minimum absolute atomic E-state index is 0.0671. The van der Waals surface area contributed by atoms with Gasteiger partial charge in [0.05, 0.1) is 6.42 Å². The van der Waals surface area contributed by atoms with Crippen molar-refractivity contribution in [1.82, 2.24) is 0 Å². The van der Waals surface area contributed by atoms with Gasteiger partial charge in [0.1, 0.15) is 6.10 Å². The molecule has 0 aromatic rings. The normalized spacial score (nSPS) is 12.1. The Balaban J connectivity index is 3.62. The summed E-state index contributed by atoms with van der Waals surface area (Å²) in [5, 5.41) is 9.20. The molecule has 0 aliphatic carbocycles. The van der Waals surface area contributed by atoms with Gasteiger partial charge in [-0.3, -0.25) is 9.59 Å². The Hall–Kier alpha value is -1.06. The maximum atomic E-state index is 12.3. The number of rotatable bonds is 31. The van der Waals surface area contributed by atoms with E-state index < -0.39 is 12.1 Å². The number of carbonyl (C=O) groups excluding carboxylic acids is 1. The smallest absolute Gasteiger partial charge is 0.307 e. The molecule has 226 valence electrons. The van der Waals surface area contributed by atoms with Crippen LogP contribution in [0.15, 0.2) is 0 Å². The molecule has 4 heteroatoms. The van der Waals surface area contributed by atoms with Gasteiger partial charge in [0.2, 0.25) is 0 Å². The standard InChI is InChI=1S/C34H66O4/c1-3-5-7-9-11-13-15-16-17-18-20-22-24-26-28-30-34(37)38-32(31-33(35)36)29-27-25-23-21-19-14-12-10-8-6-4-2/h32H,3-31H2,1-2H3,(H,35,36). The average molecular weight is 539 g/mol. The summed E-state index contributed by atoms with van der Waals surface area (Å²) in [5.74, 6) is -1.09. The molecule has 0 radical (unpaired) electrons. The van der Waals surface area contributed by atoms with Gasteiger partial charge in [-0.15, -0.1) is 0 Å². The van der Waals surface area contributed by atoms with Crippen LogP contribution in [-0.2, 0) is 14.3 Å². The van der Waals surface area contributed by atoms with Gasteiger partial charge in [-0.2, -0.15) is 0 Å². The fourth-order valence-corrected chi connectivity index (χ4v) is 5.32. The summed E-state index contributed by atoms with van der Waals surface area (Å²) < 4.78 is 5.55. The Bertz CT molecular complexity index is 505. The summed E-state index contributed by atoms with van der Waals surface area (Å²) >= 11 is 0. The van der Waals surface area contributed by atoms with Gasteiger partial charge < -0.3 is 9.84 Å². The minimum atomic E-state index is -0.877. The van der Waals surface area contributed by atoms with Crippen LogP contribution in [-0.4, -0.2) is 23.1 Å². The molecule has 0 aliphatic heterocycles. The molecule has 0 rings (SSSR count). The van der Waals surface area contributed by atoms with Crippen LogP contribution in [0.3, 0.4) is 0 Å². The predicted octanol–water partition coefficient (Wildman–Crippen LogP) is 11.3. The van der Waals surface area contributed by atoms with Gasteiger partial charge >= 0.3 is 11.9 Å². The highest BCUT2D eigenvalue weighted by molar-refractivity contribution is 5.71. The van der Waals surface area contributed by atoms with Crippen LogP contribution >= 0.6 is 0 Å². The first-order valence-electron chi connectivity index (χ1n) is 17.0. The molecule has 0 aromatic carbocycles. The third-order valence-electron chi connectivity index (χ3n) is 7.81. The van der Waals surface area contributed by atoms with Gasteiger partial charge in [-0.05, 0) is 19.3 Å². The molecule has 1 atom stereocenters. The number of hydrogen-bond acceptors (Lipinski definition) is 3. The highest BCUT2D eigenvalue weighted by atomic mass is 16.5. The number of ether oxygens (including phenoxy) is 1. The van der Waals surface area contributed by atoms with Crippen molar-refractivity contribution in [3.05, 3.63) is 0 Å². The zero-order valence-corrected chi connectivity index (χ0v) is 25.8. The molecule has 0 saturated carbocycles. The van der Waals surface area contributed by atoms with Crippen molar-refractivity contribution in [3.63, 3.8) is 0 Å². The predicted molar refractivity (Wildman–Crippen MR) is 163 cm³/mol. The number of carboxylic acid groups (broad SMARTS) is 1. The van der Waals surface area contributed by atoms with E-state index in [4.69, 9.17) is 4.74 Å². The van der Waals surface area contributed by atoms with Crippen molar-refractivity contribution in [1.29, 1.82) is 0 Å². The maximum absolute atomic E-state index is 12.3. The first kappa shape index (κ1) is 36.9. The number of carbonyl (C=O) groups is 2. The van der Waals surface area contributed by atoms with Crippen LogP contribution in [0.1, 0.15) is 200 Å². The van der Waals surface area contributed by atoms with Gasteiger partial charge in [-0.1, -0.05) is 168 Å². The summed E-state index contributed by atoms with van der Waals surface area (Å²) in [6.45, 7) is 4.53. The van der Waals surface area contributed by atoms with Crippen LogP contribution in [0.5, 0.6) is 0 Å². The second-order valence-corrected chi connectivity index (χ2v) is 11.7. The van der Waals surface area contributed by atoms with E-state index in [9.17, 15) is 14.7 Å². The maximum Gasteiger partial charge on any atom is 0.307 e. The number of unbranched alkanes of at least 4 members (excludes halogenated alkanes) is 24. The number of carboxylic acids is 1. The summed E-state index contributed by atoms with van der Waals surface area (Å²) in [6, 6.07) is 0. The molecule has 0 amide bonds. The third-order valence-corrected chi connectivity index (χ3v) is 7.81. The highest BCUT2D eigenvalue weighted by Crippen LogP contribution is 2.17. The van der Waals surface area contributed by atoms with Crippen LogP contribution in [0, 0.1) is 0 Å². The fraction of sp³-hybridized carbons (Fsp3) is 0.941. The fourth-order valence-electron chi connectivity index (χ4n) is 5.32. The average Bonchev–Trinajstić information content (AvgIpc) is 2.89. The summed E-state index contributed by atoms with van der Waals surface area (Å²) in [4.78, 5) is 23.5. The van der Waals surface area contributed by atoms with Crippen LogP contribution in [0.2, 0.25) is 0 Å². The molecule has 0 bridgehead atoms. The van der Waals surface area contributed by atoms with Gasteiger partial charge in [0.15, 0.2) is 0 Å². The number of esters is 1. The lowest BCUT2D eigenvalue weighted by atomic mass is 10.0. The molecule has 0 heterocycles. The van der Waals surface area contributed by atoms with E-state index in [0.717, 1.165) is 25.7 Å². The van der Waals surface area contributed by atoms with Crippen LogP contribution in [0.25, 0.3) is 0 Å². The lowest BCUT2D eigenvalue weighted by Gasteiger charge is -2.16. The van der Waals surface area contributed by atoms with E-state index in [0.29, 0.717) is 12.8 Å². The Labute approximate surface area is 237 Å². The molecule has 38 heavy (non-hydrogen) atoms. The lowest BCUT2D eigenvalue weighted by Crippen LogP contribution is -2.21. The zero-order valence-electron chi connectivity index (χ0n) is 25.8. The van der Waals surface area contributed by atoms with Crippen LogP contribution in [0.4, 0.5) is 0 Å². The number of aliphatic carboxylic acids is 1. The van der Waals surface area contributed by atoms with Gasteiger partial charge in [0.25, 0.3) is 0 Å². The Kier molecular flexibility index (Phi) is 29.6. The van der Waals surface area contributed by atoms with Crippen molar-refractivity contribution in [2.24, 2.45) is 0 Å². The SMILES string of the molecule is CCCCCCCCCCCCCCCCCC(=O)OC(CCCCCCCCCCCCC)CC(=O)O. The highest BCUT2D eigenvalue weighted by Gasteiger charge is 2.17. The van der Waals surface area contributed by atoms with Gasteiger partial charge in [-0.25, -0.2) is 0 Å². The van der Waals surface area contributed by atoms with Crippen LogP contribution < -0.4 is 0 Å². The molecule has 0 fully saturated rings. The topological polar surface area (TPSA) is 63.6 Å². The molecule has 4 nitrogen and oxygen atoms in total. The molecule has 0 spiro atoms. The lowest BCUT2D eigenvalue weighted by molar-refractivity contribution is -0.153. The van der Waals surface area contributed by atoms with Crippen molar-refractivity contribution in [2.75, 3.05) is 0 Å². The minimum Gasteiger partial charge on any atom is -0.481 e. The quantitative estimate of drug-likeness (QED) is 0.0704. The molecular weight excluding hydrogens is 472 g/mol. The monoisotopic (exact) mass is 538 g/mol. The van der Waals surface area contributed by atoms with Crippen molar-refractivity contribution in [3.8, 4) is 0 Å². The van der Waals surface area contributed by atoms with E-state index in [2.05, 4.69) is 13.8 Å². The Morgan fingerprint density at radius 3 is 1.16 bits per heavy atom. The Morgan fingerprint density at radius 1 is 0.500 bits per heavy atom. The van der Waals surface area contributed by atoms with Gasteiger partial charge in [0, 0.05) is 6.42 Å². The first-order valence-corrected chi connectivity index (χ1v) is 17.0. The van der Waals surface area contributed by atoms with Crippen molar-refractivity contribution in [2.45, 2.75) is 206 Å². The van der Waals surface area contributed by atoms with E-state index in [1.54, 1.807) is 0 Å². The molecule has 1 unspecified atom stereocenters. The molecule has 0 aliphatic rings. The third kappa shape index (κ3) is 29.5. The van der Waals surface area contributed by atoms with Crippen molar-refractivity contribution >= 4 is 11.9 Å². The molecule has 1 N–H and O–H groups in total. The van der Waals surface area contributed by atoms with E-state index in [1.165, 1.54) is 141 Å². The summed E-state index contributed by atoms with van der Waals surface area (Å²) in [7, 11) is 0. The number of hydrogen-bond donors (Lipinski definition) is 1. The molecule has 0 saturated heterocycles. The van der Waals surface area contributed by atoms with Crippen molar-refractivity contribution < 1.29 is 19.4 Å².